The second-order valence-corrected chi connectivity index (χ2v) is 2.67. The van der Waals surface area contributed by atoms with Crippen molar-refractivity contribution in [3.63, 3.8) is 0 Å². The fourth-order valence-electron chi connectivity index (χ4n) is 1.06. The minimum atomic E-state index is -2.98. The normalized spacial score (nSPS) is 9.94. The third-order valence-electron chi connectivity index (χ3n) is 1.65. The van der Waals surface area contributed by atoms with Gasteiger partial charge in [-0.25, -0.2) is 0 Å². The number of methoxy groups -OCH3 is 1. The van der Waals surface area contributed by atoms with Gasteiger partial charge < -0.3 is 14.2 Å². The SMILES string of the molecule is COCOc1cccc(OC(F)F)c1C#N. The Morgan fingerprint density at radius 3 is 2.62 bits per heavy atom. The number of alkyl halides is 2. The summed E-state index contributed by atoms with van der Waals surface area (Å²) >= 11 is 0. The van der Waals surface area contributed by atoms with Crippen LogP contribution in [-0.2, 0) is 4.74 Å². The number of benzene rings is 1. The molecule has 0 aliphatic rings. The highest BCUT2D eigenvalue weighted by molar-refractivity contribution is 5.52. The predicted octanol–water partition coefficient (Wildman–Crippen LogP) is 2.14. The molecule has 1 aromatic rings. The van der Waals surface area contributed by atoms with Crippen LogP contribution in [0, 0.1) is 11.3 Å². The van der Waals surface area contributed by atoms with Gasteiger partial charge in [0.05, 0.1) is 0 Å². The van der Waals surface area contributed by atoms with Crippen LogP contribution in [0.5, 0.6) is 11.5 Å². The highest BCUT2D eigenvalue weighted by Gasteiger charge is 2.13. The number of nitrogens with zero attached hydrogens (tertiary/aromatic N) is 1. The Morgan fingerprint density at radius 1 is 1.38 bits per heavy atom. The first-order valence-electron chi connectivity index (χ1n) is 4.28. The quantitative estimate of drug-likeness (QED) is 0.726. The Hall–Kier alpha value is -1.87. The Balaban J connectivity index is 2.97. The highest BCUT2D eigenvalue weighted by Crippen LogP contribution is 2.28. The molecule has 0 saturated heterocycles. The molecule has 0 spiro atoms. The van der Waals surface area contributed by atoms with E-state index in [1.165, 1.54) is 25.3 Å². The summed E-state index contributed by atoms with van der Waals surface area (Å²) in [5.41, 5.74) is -0.0835. The van der Waals surface area contributed by atoms with Crippen molar-refractivity contribution >= 4 is 0 Å². The lowest BCUT2D eigenvalue weighted by Crippen LogP contribution is -2.06. The van der Waals surface area contributed by atoms with Crippen LogP contribution in [0.15, 0.2) is 18.2 Å². The highest BCUT2D eigenvalue weighted by atomic mass is 19.3. The summed E-state index contributed by atoms with van der Waals surface area (Å²) in [7, 11) is 1.41. The first kappa shape index (κ1) is 12.2. The van der Waals surface area contributed by atoms with Gasteiger partial charge in [-0.05, 0) is 12.1 Å². The molecule has 1 rings (SSSR count). The number of hydrogen-bond acceptors (Lipinski definition) is 4. The van der Waals surface area contributed by atoms with E-state index in [9.17, 15) is 8.78 Å². The molecule has 0 saturated carbocycles. The summed E-state index contributed by atoms with van der Waals surface area (Å²) in [6.07, 6.45) is 0. The Bertz CT molecular complexity index is 390. The lowest BCUT2D eigenvalue weighted by molar-refractivity contribution is -0.0502. The molecular formula is C10H9F2NO3. The van der Waals surface area contributed by atoms with E-state index in [1.54, 1.807) is 6.07 Å². The van der Waals surface area contributed by atoms with Crippen molar-refractivity contribution in [1.29, 1.82) is 5.26 Å². The molecule has 1 aromatic carbocycles. The molecule has 0 N–H and O–H groups in total. The van der Waals surface area contributed by atoms with Gasteiger partial charge in [-0.1, -0.05) is 6.07 Å². The smallest absolute Gasteiger partial charge is 0.387 e. The molecular weight excluding hydrogens is 220 g/mol. The van der Waals surface area contributed by atoms with E-state index in [1.807, 2.05) is 0 Å². The Labute approximate surface area is 91.0 Å². The molecule has 0 fully saturated rings. The van der Waals surface area contributed by atoms with Crippen LogP contribution in [0.2, 0.25) is 0 Å². The fraction of sp³-hybridized carbons (Fsp3) is 0.300. The van der Waals surface area contributed by atoms with Crippen molar-refractivity contribution in [3.05, 3.63) is 23.8 Å². The maximum atomic E-state index is 12.0. The van der Waals surface area contributed by atoms with E-state index in [0.717, 1.165) is 0 Å². The largest absolute Gasteiger partial charge is 0.466 e. The molecule has 0 unspecified atom stereocenters. The van der Waals surface area contributed by atoms with Crippen LogP contribution < -0.4 is 9.47 Å². The molecule has 86 valence electrons. The maximum Gasteiger partial charge on any atom is 0.387 e. The molecule has 6 heteroatoms. The van der Waals surface area contributed by atoms with Crippen LogP contribution >= 0.6 is 0 Å². The fourth-order valence-corrected chi connectivity index (χ4v) is 1.06. The van der Waals surface area contributed by atoms with Crippen molar-refractivity contribution in [2.45, 2.75) is 6.61 Å². The second-order valence-electron chi connectivity index (χ2n) is 2.67. The zero-order chi connectivity index (χ0) is 12.0. The van der Waals surface area contributed by atoms with Crippen LogP contribution in [0.25, 0.3) is 0 Å². The van der Waals surface area contributed by atoms with E-state index < -0.39 is 6.61 Å². The zero-order valence-corrected chi connectivity index (χ0v) is 8.44. The summed E-state index contributed by atoms with van der Waals surface area (Å²) in [4.78, 5) is 0. The molecule has 0 radical (unpaired) electrons. The molecule has 0 aliphatic heterocycles. The van der Waals surface area contributed by atoms with E-state index in [0.29, 0.717) is 0 Å². The van der Waals surface area contributed by atoms with Gasteiger partial charge in [-0.15, -0.1) is 0 Å². The van der Waals surface area contributed by atoms with Gasteiger partial charge in [0.25, 0.3) is 0 Å². The second kappa shape index (κ2) is 5.88. The Kier molecular flexibility index (Phi) is 4.48. The van der Waals surface area contributed by atoms with Gasteiger partial charge in [-0.3, -0.25) is 0 Å². The first-order chi connectivity index (χ1) is 7.69. The molecule has 0 aromatic heterocycles. The van der Waals surface area contributed by atoms with Crippen molar-refractivity contribution in [2.24, 2.45) is 0 Å². The summed E-state index contributed by atoms with van der Waals surface area (Å²) in [5.74, 6) is -0.0754. The van der Waals surface area contributed by atoms with Crippen LogP contribution in [0.4, 0.5) is 8.78 Å². The van der Waals surface area contributed by atoms with Gasteiger partial charge in [0, 0.05) is 7.11 Å². The average molecular weight is 229 g/mol. The number of hydrogen-bond donors (Lipinski definition) is 0. The van der Waals surface area contributed by atoms with Crippen LogP contribution in [0.1, 0.15) is 5.56 Å². The molecule has 0 bridgehead atoms. The average Bonchev–Trinajstić information content (AvgIpc) is 2.25. The predicted molar refractivity (Wildman–Crippen MR) is 50.3 cm³/mol. The maximum absolute atomic E-state index is 12.0. The lowest BCUT2D eigenvalue weighted by atomic mass is 10.2. The molecule has 0 atom stereocenters. The molecule has 0 heterocycles. The van der Waals surface area contributed by atoms with Crippen LogP contribution in [0.3, 0.4) is 0 Å². The van der Waals surface area contributed by atoms with Crippen LogP contribution in [-0.4, -0.2) is 20.5 Å². The van der Waals surface area contributed by atoms with Gasteiger partial charge >= 0.3 is 6.61 Å². The zero-order valence-electron chi connectivity index (χ0n) is 8.44. The van der Waals surface area contributed by atoms with Crippen molar-refractivity contribution < 1.29 is 23.0 Å². The number of ether oxygens (including phenoxy) is 3. The lowest BCUT2D eigenvalue weighted by Gasteiger charge is -2.10. The molecule has 16 heavy (non-hydrogen) atoms. The van der Waals surface area contributed by atoms with Gasteiger partial charge in [0.2, 0.25) is 0 Å². The molecule has 0 amide bonds. The van der Waals surface area contributed by atoms with Gasteiger partial charge in [0.15, 0.2) is 6.79 Å². The van der Waals surface area contributed by atoms with E-state index in [2.05, 4.69) is 9.47 Å². The minimum Gasteiger partial charge on any atom is -0.466 e. The van der Waals surface area contributed by atoms with E-state index in [-0.39, 0.29) is 23.9 Å². The monoisotopic (exact) mass is 229 g/mol. The number of nitriles is 1. The van der Waals surface area contributed by atoms with E-state index >= 15 is 0 Å². The summed E-state index contributed by atoms with van der Waals surface area (Å²) in [6, 6.07) is 5.92. The molecule has 4 nitrogen and oxygen atoms in total. The summed E-state index contributed by atoms with van der Waals surface area (Å²) < 4.78 is 37.9. The van der Waals surface area contributed by atoms with E-state index in [4.69, 9.17) is 10.00 Å². The summed E-state index contributed by atoms with van der Waals surface area (Å²) in [6.45, 7) is -3.06. The first-order valence-corrected chi connectivity index (χ1v) is 4.28. The van der Waals surface area contributed by atoms with Gasteiger partial charge in [0.1, 0.15) is 23.1 Å². The number of halogens is 2. The van der Waals surface area contributed by atoms with Crippen molar-refractivity contribution in [1.82, 2.24) is 0 Å². The van der Waals surface area contributed by atoms with Gasteiger partial charge in [-0.2, -0.15) is 14.0 Å². The Morgan fingerprint density at radius 2 is 2.06 bits per heavy atom. The number of rotatable bonds is 5. The topological polar surface area (TPSA) is 51.5 Å². The standard InChI is InChI=1S/C10H9F2NO3/c1-14-6-15-8-3-2-4-9(7(8)5-13)16-10(11)12/h2-4,10H,6H2,1H3. The van der Waals surface area contributed by atoms with Crippen molar-refractivity contribution in [3.8, 4) is 17.6 Å². The van der Waals surface area contributed by atoms with Crippen molar-refractivity contribution in [2.75, 3.05) is 13.9 Å². The third kappa shape index (κ3) is 3.07. The minimum absolute atomic E-state index is 0.0766. The molecule has 0 aliphatic carbocycles. The third-order valence-corrected chi connectivity index (χ3v) is 1.65. The summed E-state index contributed by atoms with van der Waals surface area (Å²) in [5, 5.41) is 8.82.